The first-order chi connectivity index (χ1) is 19.2. The maximum Gasteiger partial charge on any atom is 0.262 e. The summed E-state index contributed by atoms with van der Waals surface area (Å²) in [6, 6.07) is 9.53. The predicted molar refractivity (Wildman–Crippen MR) is 158 cm³/mol. The topological polar surface area (TPSA) is 84.9 Å². The van der Waals surface area contributed by atoms with Crippen LogP contribution in [0.15, 0.2) is 57.3 Å². The number of aryl methyl sites for hydroxylation is 1. The van der Waals surface area contributed by atoms with Gasteiger partial charge in [-0.25, -0.2) is 0 Å². The van der Waals surface area contributed by atoms with Crippen molar-refractivity contribution in [3.05, 3.63) is 74.0 Å². The van der Waals surface area contributed by atoms with E-state index in [9.17, 15) is 14.4 Å². The van der Waals surface area contributed by atoms with Gasteiger partial charge in [0.05, 0.1) is 11.1 Å². The van der Waals surface area contributed by atoms with Gasteiger partial charge in [0.15, 0.2) is 29.7 Å². The fourth-order valence-corrected chi connectivity index (χ4v) is 6.63. The van der Waals surface area contributed by atoms with Crippen LogP contribution in [0.4, 0.5) is 5.69 Å². The highest BCUT2D eigenvalue weighted by Gasteiger charge is 2.42. The summed E-state index contributed by atoms with van der Waals surface area (Å²) in [5, 5.41) is 2.92. The van der Waals surface area contributed by atoms with E-state index in [1.54, 1.807) is 0 Å². The Balaban J connectivity index is 1.49. The number of halogens is 1. The number of anilines is 1. The maximum absolute atomic E-state index is 13.3. The Hall–Kier alpha value is -3.39. The Bertz CT molecular complexity index is 1410. The molecule has 1 amide bonds. The summed E-state index contributed by atoms with van der Waals surface area (Å²) in [5.41, 5.74) is 7.14. The van der Waals surface area contributed by atoms with Gasteiger partial charge in [-0.1, -0.05) is 12.1 Å². The van der Waals surface area contributed by atoms with Gasteiger partial charge in [-0.3, -0.25) is 14.4 Å². The van der Waals surface area contributed by atoms with Gasteiger partial charge in [0.1, 0.15) is 0 Å². The van der Waals surface area contributed by atoms with E-state index in [1.807, 2.05) is 58.2 Å². The number of allylic oxidation sites excluding steroid dienone is 4. The van der Waals surface area contributed by atoms with Gasteiger partial charge in [-0.2, -0.15) is 0 Å². The molecule has 7 nitrogen and oxygen atoms in total. The van der Waals surface area contributed by atoms with E-state index in [0.717, 1.165) is 70.6 Å². The fraction of sp³-hybridized carbons (Fsp3) is 0.406. The zero-order chi connectivity index (χ0) is 28.6. The molecule has 0 spiro atoms. The van der Waals surface area contributed by atoms with Crippen LogP contribution in [0.1, 0.15) is 68.1 Å². The summed E-state index contributed by atoms with van der Waals surface area (Å²) in [5.74, 6) is 0.330. The Kier molecular flexibility index (Phi) is 8.17. The van der Waals surface area contributed by atoms with Gasteiger partial charge in [0.2, 0.25) is 0 Å². The molecule has 0 aromatic heterocycles. The van der Waals surface area contributed by atoms with Crippen molar-refractivity contribution >= 4 is 39.1 Å². The third-order valence-corrected chi connectivity index (χ3v) is 8.72. The van der Waals surface area contributed by atoms with Crippen LogP contribution in [0.2, 0.25) is 0 Å². The number of carbonyl (C=O) groups excluding carboxylic acids is 3. The molecule has 2 aromatic rings. The summed E-state index contributed by atoms with van der Waals surface area (Å²) in [6.07, 6.45) is 4.23. The molecular weight excluding hydrogens is 572 g/mol. The summed E-state index contributed by atoms with van der Waals surface area (Å²) in [4.78, 5) is 41.6. The Morgan fingerprint density at radius 1 is 1.00 bits per heavy atom. The molecule has 0 bridgehead atoms. The fourth-order valence-electron chi connectivity index (χ4n) is 6.05. The molecule has 0 radical (unpaired) electrons. The number of benzene rings is 2. The van der Waals surface area contributed by atoms with Crippen molar-refractivity contribution in [2.75, 3.05) is 25.6 Å². The molecule has 0 saturated carbocycles. The lowest BCUT2D eigenvalue weighted by Gasteiger charge is -2.42. The van der Waals surface area contributed by atoms with Gasteiger partial charge < -0.3 is 19.7 Å². The highest BCUT2D eigenvalue weighted by atomic mass is 79.9. The smallest absolute Gasteiger partial charge is 0.262 e. The first-order valence-corrected chi connectivity index (χ1v) is 14.7. The van der Waals surface area contributed by atoms with E-state index in [4.69, 9.17) is 9.47 Å². The quantitative estimate of drug-likeness (QED) is 0.386. The van der Waals surface area contributed by atoms with E-state index >= 15 is 0 Å². The number of amides is 1. The second kappa shape index (κ2) is 11.6. The molecule has 0 unspecified atom stereocenters. The van der Waals surface area contributed by atoms with E-state index in [1.165, 1.54) is 0 Å². The highest BCUT2D eigenvalue weighted by molar-refractivity contribution is 9.10. The van der Waals surface area contributed by atoms with Gasteiger partial charge in [-0.05, 0) is 97.3 Å². The molecule has 2 aliphatic carbocycles. The number of nitrogens with zero attached hydrogens (tertiary/aromatic N) is 1. The minimum Gasteiger partial charge on any atom is -0.490 e. The summed E-state index contributed by atoms with van der Waals surface area (Å²) in [6.45, 7) is 6.02. The molecule has 0 fully saturated rings. The average Bonchev–Trinajstić information content (AvgIpc) is 2.92. The lowest BCUT2D eigenvalue weighted by atomic mass is 9.71. The predicted octanol–water partition coefficient (Wildman–Crippen LogP) is 6.53. The number of ketones is 2. The number of hydrogen-bond donors (Lipinski definition) is 1. The van der Waals surface area contributed by atoms with Crippen LogP contribution in [0.25, 0.3) is 0 Å². The molecule has 5 rings (SSSR count). The molecule has 210 valence electrons. The first kappa shape index (κ1) is 28.1. The van der Waals surface area contributed by atoms with Crippen molar-refractivity contribution < 1.29 is 23.9 Å². The lowest BCUT2D eigenvalue weighted by molar-refractivity contribution is -0.118. The molecule has 3 aliphatic rings. The Morgan fingerprint density at radius 2 is 1.65 bits per heavy atom. The van der Waals surface area contributed by atoms with Crippen molar-refractivity contribution in [3.63, 3.8) is 0 Å². The van der Waals surface area contributed by atoms with E-state index in [0.29, 0.717) is 35.4 Å². The Morgan fingerprint density at radius 3 is 2.27 bits per heavy atom. The molecule has 1 heterocycles. The van der Waals surface area contributed by atoms with E-state index in [2.05, 4.69) is 26.1 Å². The van der Waals surface area contributed by atoms with Crippen molar-refractivity contribution in [2.45, 2.75) is 65.2 Å². The number of Topliss-reactive ketones (excluding diaryl/α,β-unsaturated/α-hetero) is 2. The van der Waals surface area contributed by atoms with Crippen LogP contribution in [0, 0.1) is 13.8 Å². The third-order valence-electron chi connectivity index (χ3n) is 8.14. The van der Waals surface area contributed by atoms with Gasteiger partial charge >= 0.3 is 0 Å². The van der Waals surface area contributed by atoms with Crippen LogP contribution in [-0.4, -0.2) is 42.6 Å². The van der Waals surface area contributed by atoms with Crippen molar-refractivity contribution in [1.29, 1.82) is 0 Å². The van der Waals surface area contributed by atoms with Gasteiger partial charge in [-0.15, -0.1) is 0 Å². The average molecular weight is 608 g/mol. The second-order valence-electron chi connectivity index (χ2n) is 10.6. The number of nitrogens with one attached hydrogen (secondary N) is 1. The zero-order valence-electron chi connectivity index (χ0n) is 23.5. The second-order valence-corrected chi connectivity index (χ2v) is 11.5. The summed E-state index contributed by atoms with van der Waals surface area (Å²) in [7, 11) is 1.99. The van der Waals surface area contributed by atoms with Crippen LogP contribution < -0.4 is 14.8 Å². The molecule has 8 heteroatoms. The van der Waals surface area contributed by atoms with Crippen LogP contribution in [0.3, 0.4) is 0 Å². The lowest BCUT2D eigenvalue weighted by Crippen LogP contribution is -2.37. The zero-order valence-corrected chi connectivity index (χ0v) is 25.1. The van der Waals surface area contributed by atoms with Crippen molar-refractivity contribution in [1.82, 2.24) is 4.90 Å². The molecule has 1 N–H and O–H groups in total. The molecule has 2 aromatic carbocycles. The molecule has 1 aliphatic heterocycles. The largest absolute Gasteiger partial charge is 0.490 e. The normalized spacial score (nSPS) is 17.6. The van der Waals surface area contributed by atoms with Gasteiger partial charge in [0.25, 0.3) is 5.91 Å². The van der Waals surface area contributed by atoms with Crippen LogP contribution >= 0.6 is 15.9 Å². The SMILES string of the molecule is CCOc1cc(C2C3=C(CCCC3=O)N(C)C3=C2C(=O)CCC3)cc(Br)c1OCC(=O)Nc1cccc(C)c1C. The summed E-state index contributed by atoms with van der Waals surface area (Å²) >= 11 is 3.64. The minimum absolute atomic E-state index is 0.0977. The monoisotopic (exact) mass is 606 g/mol. The standard InChI is InChI=1S/C32H35BrN2O5/c1-5-39-27-16-20(15-21(33)32(27)40-17-28(38)34-22-10-6-9-18(2)19(22)3)29-30-23(11-7-13-25(30)36)35(4)24-12-8-14-26(37)31(24)29/h6,9-10,15-16,29H,5,7-8,11-14,17H2,1-4H3,(H,34,38). The number of rotatable bonds is 7. The molecule has 0 atom stereocenters. The van der Waals surface area contributed by atoms with Crippen LogP contribution in [0.5, 0.6) is 11.5 Å². The summed E-state index contributed by atoms with van der Waals surface area (Å²) < 4.78 is 12.6. The van der Waals surface area contributed by atoms with Crippen molar-refractivity contribution in [2.24, 2.45) is 0 Å². The number of hydrogen-bond acceptors (Lipinski definition) is 6. The molecular formula is C32H35BrN2O5. The van der Waals surface area contributed by atoms with E-state index < -0.39 is 5.92 Å². The number of carbonyl (C=O) groups is 3. The first-order valence-electron chi connectivity index (χ1n) is 13.9. The van der Waals surface area contributed by atoms with Crippen molar-refractivity contribution in [3.8, 4) is 11.5 Å². The molecule has 0 saturated heterocycles. The number of ether oxygens (including phenoxy) is 2. The third kappa shape index (κ3) is 5.21. The minimum atomic E-state index is -0.445. The Labute approximate surface area is 243 Å². The maximum atomic E-state index is 13.3. The van der Waals surface area contributed by atoms with Gasteiger partial charge in [0, 0.05) is 54.0 Å². The highest BCUT2D eigenvalue weighted by Crippen LogP contribution is 2.50. The van der Waals surface area contributed by atoms with Crippen LogP contribution in [-0.2, 0) is 14.4 Å². The molecule has 40 heavy (non-hydrogen) atoms. The van der Waals surface area contributed by atoms with E-state index in [-0.39, 0.29) is 24.1 Å².